The minimum atomic E-state index is -0.551. The van der Waals surface area contributed by atoms with Gasteiger partial charge in [0, 0.05) is 36.4 Å². The number of piperidine rings is 1. The highest BCUT2D eigenvalue weighted by Gasteiger charge is 2.34. The SMILES string of the molecule is C=Nc1cccc(Oc2ccc(Nc3ncnc4cnc(N5CCC(C)(NC(=O)OC(C)(C)C)CC5)nc34)cc2OC)c1. The Balaban J connectivity index is 1.31. The summed E-state index contributed by atoms with van der Waals surface area (Å²) in [5, 5.41) is 6.37. The number of rotatable bonds is 8. The van der Waals surface area contributed by atoms with E-state index in [0.29, 0.717) is 71.7 Å². The minimum Gasteiger partial charge on any atom is -0.493 e. The molecule has 2 aromatic heterocycles. The second-order valence-electron chi connectivity index (χ2n) is 11.5. The van der Waals surface area contributed by atoms with E-state index in [1.807, 2.05) is 64.1 Å². The third kappa shape index (κ3) is 7.26. The van der Waals surface area contributed by atoms with Gasteiger partial charge in [0.25, 0.3) is 0 Å². The second kappa shape index (κ2) is 12.1. The molecule has 43 heavy (non-hydrogen) atoms. The Morgan fingerprint density at radius 2 is 1.86 bits per heavy atom. The molecular formula is C31H36N8O4. The molecule has 0 saturated carbocycles. The zero-order valence-corrected chi connectivity index (χ0v) is 25.0. The first-order valence-electron chi connectivity index (χ1n) is 14.0. The summed E-state index contributed by atoms with van der Waals surface area (Å²) in [6.07, 6.45) is 4.19. The van der Waals surface area contributed by atoms with E-state index >= 15 is 0 Å². The van der Waals surface area contributed by atoms with Gasteiger partial charge in [0.1, 0.15) is 28.7 Å². The summed E-state index contributed by atoms with van der Waals surface area (Å²) in [6, 6.07) is 12.8. The van der Waals surface area contributed by atoms with Crippen molar-refractivity contribution >= 4 is 47.0 Å². The molecule has 2 N–H and O–H groups in total. The number of nitrogens with one attached hydrogen (secondary N) is 2. The van der Waals surface area contributed by atoms with Gasteiger partial charge in [-0.1, -0.05) is 6.07 Å². The van der Waals surface area contributed by atoms with Crippen LogP contribution in [0.1, 0.15) is 40.5 Å². The van der Waals surface area contributed by atoms with Crippen LogP contribution in [0.5, 0.6) is 17.2 Å². The summed E-state index contributed by atoms with van der Waals surface area (Å²) in [5.74, 6) is 2.80. The lowest BCUT2D eigenvalue weighted by Gasteiger charge is -2.40. The first-order valence-corrected chi connectivity index (χ1v) is 14.0. The van der Waals surface area contributed by atoms with Gasteiger partial charge in [-0.2, -0.15) is 0 Å². The summed E-state index contributed by atoms with van der Waals surface area (Å²) in [4.78, 5) is 36.6. The van der Waals surface area contributed by atoms with Gasteiger partial charge >= 0.3 is 6.09 Å². The van der Waals surface area contributed by atoms with Crippen LogP contribution in [0.25, 0.3) is 11.0 Å². The van der Waals surface area contributed by atoms with Crippen LogP contribution in [0.15, 0.2) is 60.0 Å². The van der Waals surface area contributed by atoms with Crippen molar-refractivity contribution in [3.05, 3.63) is 55.0 Å². The largest absolute Gasteiger partial charge is 0.493 e. The van der Waals surface area contributed by atoms with E-state index in [4.69, 9.17) is 19.2 Å². The molecule has 1 aliphatic rings. The molecule has 0 unspecified atom stereocenters. The highest BCUT2D eigenvalue weighted by molar-refractivity contribution is 5.87. The van der Waals surface area contributed by atoms with Gasteiger partial charge in [-0.05, 0) is 71.5 Å². The molecule has 1 aliphatic heterocycles. The molecule has 4 aromatic rings. The maximum atomic E-state index is 12.4. The van der Waals surface area contributed by atoms with E-state index in [9.17, 15) is 4.79 Å². The molecule has 0 radical (unpaired) electrons. The molecule has 12 heteroatoms. The lowest BCUT2D eigenvalue weighted by molar-refractivity contribution is 0.0448. The van der Waals surface area contributed by atoms with Crippen molar-refractivity contribution in [3.63, 3.8) is 0 Å². The molecule has 0 bridgehead atoms. The topological polar surface area (TPSA) is 136 Å². The number of aliphatic imine (C=N–C) groups is 1. The fourth-order valence-electron chi connectivity index (χ4n) is 4.70. The summed E-state index contributed by atoms with van der Waals surface area (Å²) in [6.45, 7) is 12.5. The van der Waals surface area contributed by atoms with Crippen molar-refractivity contribution in [1.29, 1.82) is 0 Å². The zero-order chi connectivity index (χ0) is 30.6. The number of nitrogens with zero attached hydrogens (tertiary/aromatic N) is 6. The van der Waals surface area contributed by atoms with Crippen LogP contribution in [0.2, 0.25) is 0 Å². The summed E-state index contributed by atoms with van der Waals surface area (Å²) >= 11 is 0. The minimum absolute atomic E-state index is 0.383. The molecule has 2 aromatic carbocycles. The van der Waals surface area contributed by atoms with Gasteiger partial charge < -0.3 is 29.7 Å². The quantitative estimate of drug-likeness (QED) is 0.231. The van der Waals surface area contributed by atoms with Crippen molar-refractivity contribution in [2.24, 2.45) is 4.99 Å². The average Bonchev–Trinajstić information content (AvgIpc) is 2.97. The molecule has 0 atom stereocenters. The van der Waals surface area contributed by atoms with Crippen LogP contribution < -0.4 is 25.0 Å². The van der Waals surface area contributed by atoms with Crippen LogP contribution in [0, 0.1) is 0 Å². The van der Waals surface area contributed by atoms with Gasteiger partial charge in [0.05, 0.1) is 19.0 Å². The molecule has 1 saturated heterocycles. The standard InChI is InChI=1S/C31H36N8O4/c1-30(2,3)43-29(40)38-31(4)12-14-39(15-13-31)28-33-18-23-26(37-28)27(35-19-34-23)36-21-10-11-24(25(17-21)41-6)42-22-9-7-8-20(16-22)32-5/h7-11,16-19H,5,12-15H2,1-4,6H3,(H,38,40)(H,34,35,36). The van der Waals surface area contributed by atoms with E-state index in [2.05, 4.69) is 42.2 Å². The third-order valence-corrected chi connectivity index (χ3v) is 6.97. The Morgan fingerprint density at radius 1 is 1.07 bits per heavy atom. The molecule has 1 fully saturated rings. The lowest BCUT2D eigenvalue weighted by atomic mass is 9.90. The van der Waals surface area contributed by atoms with Crippen molar-refractivity contribution in [2.75, 3.05) is 30.4 Å². The van der Waals surface area contributed by atoms with Crippen molar-refractivity contribution < 1.29 is 19.0 Å². The normalized spacial score (nSPS) is 14.6. The predicted octanol–water partition coefficient (Wildman–Crippen LogP) is 6.18. The number of carbonyl (C=O) groups is 1. The Hall–Kier alpha value is -5.00. The molecule has 0 aliphatic carbocycles. The Bertz CT molecular complexity index is 1630. The number of amides is 1. The van der Waals surface area contributed by atoms with Crippen LogP contribution >= 0.6 is 0 Å². The number of hydrogen-bond acceptors (Lipinski definition) is 11. The molecule has 1 amide bonds. The number of alkyl carbamates (subject to hydrolysis) is 1. The highest BCUT2D eigenvalue weighted by atomic mass is 16.6. The molecule has 0 spiro atoms. The number of hydrogen-bond donors (Lipinski definition) is 2. The van der Waals surface area contributed by atoms with Crippen LogP contribution in [0.3, 0.4) is 0 Å². The molecule has 224 valence electrons. The Kier molecular flexibility index (Phi) is 8.29. The van der Waals surface area contributed by atoms with Gasteiger partial charge in [-0.15, -0.1) is 0 Å². The number of anilines is 3. The third-order valence-electron chi connectivity index (χ3n) is 6.97. The molecule has 5 rings (SSSR count). The highest BCUT2D eigenvalue weighted by Crippen LogP contribution is 2.36. The Morgan fingerprint density at radius 3 is 2.58 bits per heavy atom. The van der Waals surface area contributed by atoms with Crippen molar-refractivity contribution in [1.82, 2.24) is 25.3 Å². The summed E-state index contributed by atoms with van der Waals surface area (Å²) in [5.41, 5.74) is 1.70. The fourth-order valence-corrected chi connectivity index (χ4v) is 4.70. The number of aromatic nitrogens is 4. The average molecular weight is 585 g/mol. The van der Waals surface area contributed by atoms with E-state index in [-0.39, 0.29) is 5.54 Å². The van der Waals surface area contributed by atoms with Gasteiger partial charge in [0.15, 0.2) is 17.3 Å². The second-order valence-corrected chi connectivity index (χ2v) is 11.5. The molecular weight excluding hydrogens is 548 g/mol. The lowest BCUT2D eigenvalue weighted by Crippen LogP contribution is -2.54. The monoisotopic (exact) mass is 584 g/mol. The maximum Gasteiger partial charge on any atom is 0.408 e. The first kappa shape index (κ1) is 29.5. The van der Waals surface area contributed by atoms with Gasteiger partial charge in [-0.25, -0.2) is 24.7 Å². The van der Waals surface area contributed by atoms with E-state index in [1.54, 1.807) is 19.4 Å². The van der Waals surface area contributed by atoms with Crippen LogP contribution in [-0.2, 0) is 4.74 Å². The number of benzene rings is 2. The van der Waals surface area contributed by atoms with E-state index in [0.717, 1.165) is 5.69 Å². The smallest absolute Gasteiger partial charge is 0.408 e. The Labute approximate surface area is 250 Å². The number of carbonyl (C=O) groups excluding carboxylic acids is 1. The first-order chi connectivity index (χ1) is 20.5. The number of methoxy groups -OCH3 is 1. The summed E-state index contributed by atoms with van der Waals surface area (Å²) < 4.78 is 17.1. The van der Waals surface area contributed by atoms with Crippen molar-refractivity contribution in [2.45, 2.75) is 51.7 Å². The van der Waals surface area contributed by atoms with Crippen LogP contribution in [0.4, 0.5) is 27.9 Å². The van der Waals surface area contributed by atoms with Gasteiger partial charge in [-0.3, -0.25) is 4.99 Å². The number of ether oxygens (including phenoxy) is 3. The number of fused-ring (bicyclic) bond motifs is 1. The predicted molar refractivity (Wildman–Crippen MR) is 166 cm³/mol. The zero-order valence-electron chi connectivity index (χ0n) is 25.0. The molecule has 3 heterocycles. The van der Waals surface area contributed by atoms with E-state index < -0.39 is 11.7 Å². The maximum absolute atomic E-state index is 12.4. The van der Waals surface area contributed by atoms with Gasteiger partial charge in [0.2, 0.25) is 5.95 Å². The van der Waals surface area contributed by atoms with Crippen LogP contribution in [-0.4, -0.2) is 64.1 Å². The summed E-state index contributed by atoms with van der Waals surface area (Å²) in [7, 11) is 1.58. The molecule has 12 nitrogen and oxygen atoms in total. The van der Waals surface area contributed by atoms with Crippen molar-refractivity contribution in [3.8, 4) is 17.2 Å². The van der Waals surface area contributed by atoms with E-state index in [1.165, 1.54) is 6.33 Å². The fraction of sp³-hybridized carbons (Fsp3) is 0.355.